The van der Waals surface area contributed by atoms with Gasteiger partial charge in [-0.1, -0.05) is 0 Å². The first kappa shape index (κ1) is 9.47. The van der Waals surface area contributed by atoms with Crippen molar-refractivity contribution in [3.05, 3.63) is 30.3 Å². The van der Waals surface area contributed by atoms with Crippen LogP contribution >= 0.6 is 11.9 Å². The summed E-state index contributed by atoms with van der Waals surface area (Å²) < 4.78 is 7.93. The molecule has 1 nitrogen and oxygen atoms in total. The summed E-state index contributed by atoms with van der Waals surface area (Å²) in [6.07, 6.45) is 0. The molecule has 1 rings (SSSR count). The van der Waals surface area contributed by atoms with E-state index >= 15 is 0 Å². The molecule has 0 spiro atoms. The Hall–Kier alpha value is 0.470. The molecule has 0 radical (unpaired) electrons. The van der Waals surface area contributed by atoms with E-state index in [1.807, 2.05) is 6.07 Å². The fraction of sp³-hybridized carbons (Fsp3) is 0. The maximum atomic E-state index is 6.47. The third-order valence-electron chi connectivity index (χ3n) is 0.940. The van der Waals surface area contributed by atoms with Crippen LogP contribution in [0.3, 0.4) is 0 Å². The normalized spacial score (nSPS) is 7.56. The van der Waals surface area contributed by atoms with Crippen LogP contribution in [-0.4, -0.2) is 32.6 Å². The molecule has 0 bridgehead atoms. The Morgan fingerprint density at radius 2 is 1.56 bits per heavy atom. The zero-order chi connectivity index (χ0) is 7.11. The van der Waals surface area contributed by atoms with Crippen LogP contribution in [0.25, 0.3) is 0 Å². The van der Waals surface area contributed by atoms with Gasteiger partial charge in [-0.05, 0) is 0 Å². The van der Waals surface area contributed by atoms with Crippen molar-refractivity contribution >= 4 is 42.6 Å². The molecule has 0 fully saturated rings. The Balaban J connectivity index is 0.000000291. The molecule has 0 aliphatic carbocycles. The van der Waals surface area contributed by atoms with Gasteiger partial charge in [-0.15, -0.1) is 0 Å². The van der Waals surface area contributed by atoms with Gasteiger partial charge in [-0.2, -0.15) is 0 Å². The average molecular weight is 153 g/mol. The molecular weight excluding hydrogens is 147 g/mol. The summed E-state index contributed by atoms with van der Waals surface area (Å²) in [7, 11) is 0. The topological polar surface area (TPSA) is 20.2 Å². The van der Waals surface area contributed by atoms with Crippen molar-refractivity contribution in [1.29, 1.82) is 0 Å². The molecule has 0 aliphatic heterocycles. The van der Waals surface area contributed by atoms with E-state index in [1.54, 1.807) is 0 Å². The van der Waals surface area contributed by atoms with E-state index in [2.05, 4.69) is 36.1 Å². The predicted octanol–water partition coefficient (Wildman–Crippen LogP) is 0.613. The minimum atomic E-state index is 1.17. The fourth-order valence-corrected chi connectivity index (χ4v) is 0.919. The first-order valence-corrected chi connectivity index (χ1v) is 3.92. The number of hydrogen-bond donors (Lipinski definition) is 1. The van der Waals surface area contributed by atoms with Crippen molar-refractivity contribution in [2.75, 3.05) is 0 Å². The molecule has 0 aromatic heterocycles. The third kappa shape index (κ3) is 4.94. The van der Waals surface area contributed by atoms with Gasteiger partial charge in [0.1, 0.15) is 0 Å². The monoisotopic (exact) mass is 152 g/mol. The molecular formula is C6H6ClNaO. The number of halogens is 1. The van der Waals surface area contributed by atoms with E-state index in [4.69, 9.17) is 4.66 Å². The summed E-state index contributed by atoms with van der Waals surface area (Å²) in [5, 5.41) is 0. The third-order valence-corrected chi connectivity index (χ3v) is 1.61. The molecule has 0 heterocycles. The number of hydrogen-bond acceptors (Lipinski definition) is 1. The molecule has 0 saturated heterocycles. The second-order valence-corrected chi connectivity index (χ2v) is 2.81. The fourth-order valence-electron chi connectivity index (χ4n) is 0.534. The van der Waals surface area contributed by atoms with Crippen LogP contribution in [0.1, 0.15) is 0 Å². The van der Waals surface area contributed by atoms with Gasteiger partial charge in [-0.3, -0.25) is 4.66 Å². The molecule has 3 heteroatoms. The minimum absolute atomic E-state index is 1.17. The number of benzene rings is 1. The van der Waals surface area contributed by atoms with E-state index in [1.165, 1.54) is 30.7 Å². The van der Waals surface area contributed by atoms with Crippen LogP contribution in [0, 0.1) is 0 Å². The molecule has 1 aromatic rings. The quantitative estimate of drug-likeness (QED) is 0.541. The van der Waals surface area contributed by atoms with Gasteiger partial charge >= 0.3 is 61.1 Å². The van der Waals surface area contributed by atoms with Crippen molar-refractivity contribution in [3.63, 3.8) is 0 Å². The summed E-state index contributed by atoms with van der Waals surface area (Å²) >= 11 is 4.81. The average Bonchev–Trinajstić information content (AvgIpc) is 1.94. The van der Waals surface area contributed by atoms with E-state index in [0.717, 1.165) is 0 Å². The van der Waals surface area contributed by atoms with Gasteiger partial charge in [0, 0.05) is 0 Å². The van der Waals surface area contributed by atoms with Gasteiger partial charge in [0.2, 0.25) is 0 Å². The zero-order valence-electron chi connectivity index (χ0n) is 5.21. The van der Waals surface area contributed by atoms with Gasteiger partial charge in [0.25, 0.3) is 0 Å². The summed E-state index contributed by atoms with van der Waals surface area (Å²) in [5.74, 6) is 0. The summed E-state index contributed by atoms with van der Waals surface area (Å²) in [4.78, 5) is 0. The van der Waals surface area contributed by atoms with Gasteiger partial charge in [0.15, 0.2) is 0 Å². The van der Waals surface area contributed by atoms with Crippen LogP contribution in [0.15, 0.2) is 30.3 Å². The zero-order valence-corrected chi connectivity index (χ0v) is 7.97. The molecule has 0 unspecified atom stereocenters. The molecule has 1 N–H and O–H groups in total. The summed E-state index contributed by atoms with van der Waals surface area (Å²) in [6.45, 7) is 0. The molecule has 44 valence electrons. The summed E-state index contributed by atoms with van der Waals surface area (Å²) in [5.41, 5.74) is 0. The molecule has 0 saturated carbocycles. The van der Waals surface area contributed by atoms with Crippen LogP contribution < -0.4 is 2.81 Å². The van der Waals surface area contributed by atoms with Crippen molar-refractivity contribution in [3.8, 4) is 0 Å². The van der Waals surface area contributed by atoms with Crippen LogP contribution in [0.4, 0.5) is 0 Å². The standard InChI is InChI=1S/C6H5.ClHO.Na/c1-2-4-6-5-3-1;1-2;/h1-5H;2H;. The molecule has 0 atom stereocenters. The van der Waals surface area contributed by atoms with Gasteiger partial charge < -0.3 is 0 Å². The van der Waals surface area contributed by atoms with E-state index in [9.17, 15) is 0 Å². The predicted molar refractivity (Wildman–Crippen MR) is 39.9 cm³/mol. The van der Waals surface area contributed by atoms with E-state index in [-0.39, 0.29) is 0 Å². The van der Waals surface area contributed by atoms with Crippen LogP contribution in [0.2, 0.25) is 0 Å². The first-order chi connectivity index (χ1) is 4.39. The van der Waals surface area contributed by atoms with Crippen molar-refractivity contribution in [1.82, 2.24) is 0 Å². The Bertz CT molecular complexity index is 143. The second-order valence-electron chi connectivity index (χ2n) is 1.65. The first-order valence-electron chi connectivity index (χ1n) is 2.58. The van der Waals surface area contributed by atoms with Crippen molar-refractivity contribution in [2.24, 2.45) is 0 Å². The summed E-state index contributed by atoms with van der Waals surface area (Å²) in [6, 6.07) is 10.5. The van der Waals surface area contributed by atoms with E-state index < -0.39 is 0 Å². The number of rotatable bonds is 0. The van der Waals surface area contributed by atoms with Crippen LogP contribution in [-0.2, 0) is 0 Å². The van der Waals surface area contributed by atoms with Gasteiger partial charge in [0.05, 0.1) is 11.9 Å². The van der Waals surface area contributed by atoms with Crippen molar-refractivity contribution < 1.29 is 4.66 Å². The van der Waals surface area contributed by atoms with Gasteiger partial charge in [-0.25, -0.2) is 0 Å². The Labute approximate surface area is 77.2 Å². The van der Waals surface area contributed by atoms with Crippen LogP contribution in [0.5, 0.6) is 0 Å². The van der Waals surface area contributed by atoms with E-state index in [0.29, 0.717) is 0 Å². The maximum absolute atomic E-state index is 6.47. The molecule has 0 amide bonds. The molecule has 9 heavy (non-hydrogen) atoms. The Morgan fingerprint density at radius 1 is 1.11 bits per heavy atom. The Kier molecular flexibility index (Phi) is 6.93. The Morgan fingerprint density at radius 3 is 1.78 bits per heavy atom. The second kappa shape index (κ2) is 6.59. The SMILES string of the molecule is OCl.[Na][c]1ccccc1. The molecule has 0 aliphatic rings. The molecule has 1 aromatic carbocycles. The van der Waals surface area contributed by atoms with Crippen molar-refractivity contribution in [2.45, 2.75) is 0 Å².